The largest absolute Gasteiger partial charge is 0.356 e. The number of nitrogens with zero attached hydrogens (tertiary/aromatic N) is 2. The zero-order chi connectivity index (χ0) is 8.69. The molecule has 5 heteroatoms. The lowest BCUT2D eigenvalue weighted by Crippen LogP contribution is -2.13. The topological polar surface area (TPSA) is 75.3 Å². The molecule has 0 amide bonds. The highest BCUT2D eigenvalue weighted by Crippen LogP contribution is 2.19. The first-order chi connectivity index (χ1) is 5.36. The number of ether oxygens (including phenoxy) is 3. The van der Waals surface area contributed by atoms with Crippen molar-refractivity contribution in [3.05, 3.63) is 0 Å². The van der Waals surface area contributed by atoms with Crippen LogP contribution < -0.4 is 0 Å². The third-order valence-electron chi connectivity index (χ3n) is 1.47. The van der Waals surface area contributed by atoms with E-state index in [1.54, 1.807) is 14.2 Å². The summed E-state index contributed by atoms with van der Waals surface area (Å²) in [6, 6.07) is 0. The van der Waals surface area contributed by atoms with Crippen molar-refractivity contribution >= 4 is 0 Å². The minimum atomic E-state index is -0.0463. The van der Waals surface area contributed by atoms with Gasteiger partial charge in [-0.2, -0.15) is 0 Å². The lowest BCUT2D eigenvalue weighted by atomic mass is 10.3. The van der Waals surface area contributed by atoms with Crippen LogP contribution in [0.4, 0.5) is 0 Å². The van der Waals surface area contributed by atoms with Crippen LogP contribution in [0.3, 0.4) is 0 Å². The standard InChI is InChI=1S/C6H12O3.N2/c1-7-5-3-4-6(8-2)9-5;1-2/h5-6H,3-4H2,1-2H3;. The van der Waals surface area contributed by atoms with Gasteiger partial charge in [0.25, 0.3) is 0 Å². The maximum Gasteiger partial charge on any atom is 0.160 e. The van der Waals surface area contributed by atoms with Crippen LogP contribution in [0.1, 0.15) is 12.8 Å². The van der Waals surface area contributed by atoms with Crippen LogP contribution in [0, 0.1) is 10.8 Å². The lowest BCUT2D eigenvalue weighted by molar-refractivity contribution is -0.185. The molecule has 1 aliphatic heterocycles. The molecule has 0 radical (unpaired) electrons. The lowest BCUT2D eigenvalue weighted by Gasteiger charge is -2.09. The predicted octanol–water partition coefficient (Wildman–Crippen LogP) is 0.772. The fraction of sp³-hybridized carbons (Fsp3) is 1.00. The molecule has 0 aliphatic carbocycles. The van der Waals surface area contributed by atoms with E-state index < -0.39 is 0 Å². The molecule has 1 aliphatic rings. The fourth-order valence-corrected chi connectivity index (χ4v) is 0.924. The Hall–Kier alpha value is -0.700. The first-order valence-electron chi connectivity index (χ1n) is 3.28. The molecule has 2 unspecified atom stereocenters. The first-order valence-corrected chi connectivity index (χ1v) is 3.28. The van der Waals surface area contributed by atoms with E-state index in [1.807, 2.05) is 0 Å². The van der Waals surface area contributed by atoms with Gasteiger partial charge in [0.05, 0.1) is 0 Å². The van der Waals surface area contributed by atoms with E-state index in [0.717, 1.165) is 12.8 Å². The number of methoxy groups -OCH3 is 2. The van der Waals surface area contributed by atoms with Gasteiger partial charge in [-0.3, -0.25) is 0 Å². The Morgan fingerprint density at radius 1 is 1.09 bits per heavy atom. The number of rotatable bonds is 2. The summed E-state index contributed by atoms with van der Waals surface area (Å²) in [6.45, 7) is 0. The molecule has 0 aromatic carbocycles. The fourth-order valence-electron chi connectivity index (χ4n) is 0.924. The highest BCUT2D eigenvalue weighted by Gasteiger charge is 2.23. The van der Waals surface area contributed by atoms with Gasteiger partial charge in [0.15, 0.2) is 12.6 Å². The number of hydrogen-bond donors (Lipinski definition) is 0. The molecule has 1 heterocycles. The molecule has 0 N–H and O–H groups in total. The molecule has 0 saturated carbocycles. The van der Waals surface area contributed by atoms with Crippen molar-refractivity contribution in [3.8, 4) is 0 Å². The summed E-state index contributed by atoms with van der Waals surface area (Å²) >= 11 is 0. The minimum absolute atomic E-state index is 0.0463. The van der Waals surface area contributed by atoms with E-state index in [2.05, 4.69) is 0 Å². The van der Waals surface area contributed by atoms with Crippen molar-refractivity contribution in [2.24, 2.45) is 0 Å². The van der Waals surface area contributed by atoms with Gasteiger partial charge in [0.1, 0.15) is 0 Å². The van der Waals surface area contributed by atoms with Crippen LogP contribution in [0.25, 0.3) is 0 Å². The molecule has 64 valence electrons. The molecule has 0 aromatic rings. The molecule has 1 rings (SSSR count). The van der Waals surface area contributed by atoms with Gasteiger partial charge < -0.3 is 14.2 Å². The van der Waals surface area contributed by atoms with Gasteiger partial charge in [-0.1, -0.05) is 0 Å². The molecule has 5 nitrogen and oxygen atoms in total. The average molecular weight is 160 g/mol. The van der Waals surface area contributed by atoms with Crippen LogP contribution in [0.15, 0.2) is 0 Å². The van der Waals surface area contributed by atoms with Crippen LogP contribution in [-0.4, -0.2) is 26.8 Å². The van der Waals surface area contributed by atoms with Crippen LogP contribution in [-0.2, 0) is 14.2 Å². The smallest absolute Gasteiger partial charge is 0.160 e. The highest BCUT2D eigenvalue weighted by atomic mass is 16.8. The maximum absolute atomic E-state index is 6.00. The molecule has 1 fully saturated rings. The Morgan fingerprint density at radius 3 is 1.64 bits per heavy atom. The normalized spacial score (nSPS) is 29.1. The van der Waals surface area contributed by atoms with E-state index in [4.69, 9.17) is 25.0 Å². The Bertz CT molecular complexity index is 108. The zero-order valence-electron chi connectivity index (χ0n) is 6.69. The molecular weight excluding hydrogens is 148 g/mol. The molecule has 0 aromatic heterocycles. The summed E-state index contributed by atoms with van der Waals surface area (Å²) in [5.41, 5.74) is 0. The van der Waals surface area contributed by atoms with Crippen molar-refractivity contribution in [2.45, 2.75) is 25.4 Å². The van der Waals surface area contributed by atoms with E-state index in [-0.39, 0.29) is 12.6 Å². The highest BCUT2D eigenvalue weighted by molar-refractivity contribution is 4.58. The Morgan fingerprint density at radius 2 is 1.45 bits per heavy atom. The van der Waals surface area contributed by atoms with Crippen LogP contribution in [0.5, 0.6) is 0 Å². The van der Waals surface area contributed by atoms with Crippen LogP contribution in [0.2, 0.25) is 0 Å². The zero-order valence-corrected chi connectivity index (χ0v) is 6.69. The first kappa shape index (κ1) is 10.3. The Balaban J connectivity index is 0.000000461. The Labute approximate surface area is 65.7 Å². The molecule has 0 spiro atoms. The maximum atomic E-state index is 6.00. The van der Waals surface area contributed by atoms with Gasteiger partial charge in [-0.05, 0) is 0 Å². The second-order valence-corrected chi connectivity index (χ2v) is 2.04. The SMILES string of the molecule is COC1CCC(OC)O1.N#N. The van der Waals surface area contributed by atoms with Gasteiger partial charge in [0.2, 0.25) is 0 Å². The minimum Gasteiger partial charge on any atom is -0.356 e. The van der Waals surface area contributed by atoms with E-state index in [9.17, 15) is 0 Å². The molecule has 1 saturated heterocycles. The second kappa shape index (κ2) is 6.04. The van der Waals surface area contributed by atoms with Crippen molar-refractivity contribution in [1.82, 2.24) is 0 Å². The quantitative estimate of drug-likeness (QED) is 0.558. The number of hydrogen-bond acceptors (Lipinski definition) is 5. The van der Waals surface area contributed by atoms with Gasteiger partial charge >= 0.3 is 0 Å². The van der Waals surface area contributed by atoms with E-state index in [1.165, 1.54) is 0 Å². The molecule has 11 heavy (non-hydrogen) atoms. The van der Waals surface area contributed by atoms with Gasteiger partial charge in [0, 0.05) is 37.8 Å². The van der Waals surface area contributed by atoms with Crippen molar-refractivity contribution in [3.63, 3.8) is 0 Å². The molecule has 0 bridgehead atoms. The summed E-state index contributed by atoms with van der Waals surface area (Å²) in [6.07, 6.45) is 1.79. The summed E-state index contributed by atoms with van der Waals surface area (Å²) in [7, 11) is 3.28. The molecule has 2 atom stereocenters. The summed E-state index contributed by atoms with van der Waals surface area (Å²) in [5.74, 6) is 0. The van der Waals surface area contributed by atoms with E-state index >= 15 is 0 Å². The third kappa shape index (κ3) is 3.28. The second-order valence-electron chi connectivity index (χ2n) is 2.04. The average Bonchev–Trinajstić information content (AvgIpc) is 2.55. The monoisotopic (exact) mass is 160 g/mol. The summed E-state index contributed by atoms with van der Waals surface area (Å²) in [4.78, 5) is 0. The van der Waals surface area contributed by atoms with E-state index in [0.29, 0.717) is 0 Å². The van der Waals surface area contributed by atoms with Crippen LogP contribution >= 0.6 is 0 Å². The summed E-state index contributed by atoms with van der Waals surface area (Å²) < 4.78 is 15.1. The van der Waals surface area contributed by atoms with Gasteiger partial charge in [-0.15, -0.1) is 0 Å². The van der Waals surface area contributed by atoms with Crippen molar-refractivity contribution in [1.29, 1.82) is 10.8 Å². The predicted molar refractivity (Wildman–Crippen MR) is 35.4 cm³/mol. The van der Waals surface area contributed by atoms with Crippen molar-refractivity contribution < 1.29 is 14.2 Å². The van der Waals surface area contributed by atoms with Crippen molar-refractivity contribution in [2.75, 3.05) is 14.2 Å². The Kier molecular flexibility index (Phi) is 5.65. The van der Waals surface area contributed by atoms with Gasteiger partial charge in [-0.25, -0.2) is 0 Å². The summed E-state index contributed by atoms with van der Waals surface area (Å²) in [5, 5.41) is 12.0. The molecular formula is C6H12N2O3. The third-order valence-corrected chi connectivity index (χ3v) is 1.47.